The third kappa shape index (κ3) is 4.80. The summed E-state index contributed by atoms with van der Waals surface area (Å²) in [6.07, 6.45) is 6.30. The number of aromatic nitrogens is 3. The highest BCUT2D eigenvalue weighted by atomic mass is 32.2. The van der Waals surface area contributed by atoms with Gasteiger partial charge in [0, 0.05) is 18.9 Å². The van der Waals surface area contributed by atoms with E-state index in [1.165, 1.54) is 11.8 Å². The lowest BCUT2D eigenvalue weighted by molar-refractivity contribution is -0.120. The Bertz CT molecular complexity index is 1050. The highest BCUT2D eigenvalue weighted by molar-refractivity contribution is 7.99. The fourth-order valence-corrected chi connectivity index (χ4v) is 5.49. The highest BCUT2D eigenvalue weighted by Gasteiger charge is 2.38. The first-order chi connectivity index (χ1) is 16.0. The number of ether oxygens (including phenoxy) is 2. The standard InChI is InChI=1S/C23H29N5O4S/c24-19(29)7-10-28-21(15-3-4-15)26-27-22(28)33-14-20(30)25-23(8-1-2-9-23)16-5-6-17-18(13-16)32-12-11-31-17/h5-6,13,15H,1-4,7-12,14H2,(H2,24,29)(H,25,30). The molecule has 0 spiro atoms. The van der Waals surface area contributed by atoms with Crippen molar-refractivity contribution in [3.05, 3.63) is 29.6 Å². The lowest BCUT2D eigenvalue weighted by Gasteiger charge is -2.32. The number of rotatable bonds is 9. The molecule has 2 heterocycles. The minimum absolute atomic E-state index is 0.0470. The number of amides is 2. The van der Waals surface area contributed by atoms with Crippen LogP contribution < -0.4 is 20.5 Å². The summed E-state index contributed by atoms with van der Waals surface area (Å²) in [4.78, 5) is 24.4. The van der Waals surface area contributed by atoms with Gasteiger partial charge in [0.2, 0.25) is 11.8 Å². The summed E-state index contributed by atoms with van der Waals surface area (Å²) in [5.74, 6) is 2.60. The maximum absolute atomic E-state index is 13.1. The van der Waals surface area contributed by atoms with Crippen molar-refractivity contribution >= 4 is 23.6 Å². The molecule has 2 aliphatic carbocycles. The number of nitrogens with two attached hydrogens (primary N) is 1. The van der Waals surface area contributed by atoms with E-state index in [0.29, 0.717) is 30.8 Å². The zero-order chi connectivity index (χ0) is 22.8. The molecular weight excluding hydrogens is 442 g/mol. The van der Waals surface area contributed by atoms with Crippen LogP contribution in [-0.2, 0) is 21.7 Å². The largest absolute Gasteiger partial charge is 0.486 e. The van der Waals surface area contributed by atoms with Gasteiger partial charge in [0.05, 0.1) is 11.3 Å². The summed E-state index contributed by atoms with van der Waals surface area (Å²) in [6.45, 7) is 1.53. The van der Waals surface area contributed by atoms with E-state index in [-0.39, 0.29) is 24.0 Å². The van der Waals surface area contributed by atoms with E-state index in [0.717, 1.165) is 61.4 Å². The van der Waals surface area contributed by atoms with Gasteiger partial charge < -0.3 is 25.1 Å². The first kappa shape index (κ1) is 22.1. The van der Waals surface area contributed by atoms with Crippen molar-refractivity contribution in [2.24, 2.45) is 5.73 Å². The monoisotopic (exact) mass is 471 g/mol. The Morgan fingerprint density at radius 2 is 1.91 bits per heavy atom. The van der Waals surface area contributed by atoms with Crippen molar-refractivity contribution in [2.75, 3.05) is 19.0 Å². The van der Waals surface area contributed by atoms with Crippen LogP contribution in [0.15, 0.2) is 23.4 Å². The van der Waals surface area contributed by atoms with Crippen molar-refractivity contribution in [3.8, 4) is 11.5 Å². The lowest BCUT2D eigenvalue weighted by Crippen LogP contribution is -2.44. The summed E-state index contributed by atoms with van der Waals surface area (Å²) in [5.41, 5.74) is 6.01. The van der Waals surface area contributed by atoms with Crippen molar-refractivity contribution in [3.63, 3.8) is 0 Å². The number of benzene rings is 1. The van der Waals surface area contributed by atoms with Crippen LogP contribution in [-0.4, -0.2) is 45.5 Å². The molecular formula is C23H29N5O4S. The number of primary amides is 1. The fourth-order valence-electron chi connectivity index (χ4n) is 4.72. The Hall–Kier alpha value is -2.75. The summed E-state index contributed by atoms with van der Waals surface area (Å²) in [7, 11) is 0. The topological polar surface area (TPSA) is 121 Å². The van der Waals surface area contributed by atoms with Crippen LogP contribution in [0.1, 0.15) is 62.3 Å². The third-order valence-electron chi connectivity index (χ3n) is 6.53. The van der Waals surface area contributed by atoms with Gasteiger partial charge in [0.25, 0.3) is 0 Å². The van der Waals surface area contributed by atoms with Gasteiger partial charge in [-0.3, -0.25) is 9.59 Å². The molecule has 0 unspecified atom stereocenters. The zero-order valence-electron chi connectivity index (χ0n) is 18.5. The molecule has 2 aromatic rings. The number of thioether (sulfide) groups is 1. The summed E-state index contributed by atoms with van der Waals surface area (Å²) >= 11 is 1.35. The van der Waals surface area contributed by atoms with E-state index in [9.17, 15) is 9.59 Å². The molecule has 1 aliphatic heterocycles. The van der Waals surface area contributed by atoms with Crippen LogP contribution in [0.4, 0.5) is 0 Å². The van der Waals surface area contributed by atoms with Crippen LogP contribution in [0.5, 0.6) is 11.5 Å². The predicted molar refractivity (Wildman–Crippen MR) is 122 cm³/mol. The van der Waals surface area contributed by atoms with Gasteiger partial charge in [0.1, 0.15) is 19.0 Å². The number of fused-ring (bicyclic) bond motifs is 1. The third-order valence-corrected chi connectivity index (χ3v) is 7.50. The van der Waals surface area contributed by atoms with Crippen molar-refractivity contribution in [2.45, 2.75) is 68.1 Å². The Morgan fingerprint density at radius 3 is 2.64 bits per heavy atom. The SMILES string of the molecule is NC(=O)CCn1c(SCC(=O)NC2(c3ccc4c(c3)OCCO4)CCCC2)nnc1C1CC1. The van der Waals surface area contributed by atoms with Crippen molar-refractivity contribution < 1.29 is 19.1 Å². The molecule has 3 N–H and O–H groups in total. The van der Waals surface area contributed by atoms with Crippen molar-refractivity contribution in [1.29, 1.82) is 0 Å². The van der Waals surface area contributed by atoms with E-state index in [1.807, 2.05) is 22.8 Å². The number of nitrogens with one attached hydrogen (secondary N) is 1. The number of hydrogen-bond donors (Lipinski definition) is 2. The molecule has 0 saturated heterocycles. The predicted octanol–water partition coefficient (Wildman–Crippen LogP) is 2.48. The Labute approximate surface area is 196 Å². The molecule has 2 saturated carbocycles. The Morgan fingerprint density at radius 1 is 1.15 bits per heavy atom. The molecule has 176 valence electrons. The van der Waals surface area contributed by atoms with Gasteiger partial charge in [-0.05, 0) is 43.4 Å². The molecule has 2 amide bonds. The van der Waals surface area contributed by atoms with Gasteiger partial charge in [-0.2, -0.15) is 0 Å². The second-order valence-electron chi connectivity index (χ2n) is 8.97. The second kappa shape index (κ2) is 9.24. The van der Waals surface area contributed by atoms with Gasteiger partial charge in [0.15, 0.2) is 16.7 Å². The molecule has 0 atom stereocenters. The molecule has 3 aliphatic rings. The van der Waals surface area contributed by atoms with Gasteiger partial charge in [-0.15, -0.1) is 10.2 Å². The normalized spacial score (nSPS) is 18.8. The molecule has 9 nitrogen and oxygen atoms in total. The van der Waals surface area contributed by atoms with Crippen LogP contribution >= 0.6 is 11.8 Å². The Kier molecular flexibility index (Phi) is 6.18. The average molecular weight is 472 g/mol. The molecule has 33 heavy (non-hydrogen) atoms. The minimum atomic E-state index is -0.397. The summed E-state index contributed by atoms with van der Waals surface area (Å²) in [5, 5.41) is 12.6. The van der Waals surface area contributed by atoms with Crippen LogP contribution in [0.25, 0.3) is 0 Å². The lowest BCUT2D eigenvalue weighted by atomic mass is 9.87. The maximum atomic E-state index is 13.1. The quantitative estimate of drug-likeness (QED) is 0.539. The molecule has 0 bridgehead atoms. The number of nitrogens with zero attached hydrogens (tertiary/aromatic N) is 3. The fraction of sp³-hybridized carbons (Fsp3) is 0.565. The molecule has 2 fully saturated rings. The summed E-state index contributed by atoms with van der Waals surface area (Å²) < 4.78 is 13.4. The smallest absolute Gasteiger partial charge is 0.231 e. The van der Waals surface area contributed by atoms with E-state index >= 15 is 0 Å². The maximum Gasteiger partial charge on any atom is 0.231 e. The van der Waals surface area contributed by atoms with E-state index in [1.54, 1.807) is 0 Å². The average Bonchev–Trinajstić information content (AvgIpc) is 3.41. The van der Waals surface area contributed by atoms with Gasteiger partial charge >= 0.3 is 0 Å². The first-order valence-electron chi connectivity index (χ1n) is 11.6. The zero-order valence-corrected chi connectivity index (χ0v) is 19.4. The summed E-state index contributed by atoms with van der Waals surface area (Å²) in [6, 6.07) is 5.98. The van der Waals surface area contributed by atoms with Gasteiger partial charge in [-0.1, -0.05) is 30.7 Å². The molecule has 1 aromatic heterocycles. The van der Waals surface area contributed by atoms with Crippen molar-refractivity contribution in [1.82, 2.24) is 20.1 Å². The van der Waals surface area contributed by atoms with Crippen LogP contribution in [0, 0.1) is 0 Å². The van der Waals surface area contributed by atoms with E-state index < -0.39 is 5.54 Å². The highest BCUT2D eigenvalue weighted by Crippen LogP contribution is 2.43. The number of carbonyl (C=O) groups is 2. The molecule has 1 aromatic carbocycles. The number of hydrogen-bond acceptors (Lipinski definition) is 7. The minimum Gasteiger partial charge on any atom is -0.486 e. The molecule has 5 rings (SSSR count). The number of carbonyl (C=O) groups excluding carboxylic acids is 2. The molecule has 0 radical (unpaired) electrons. The van der Waals surface area contributed by atoms with E-state index in [4.69, 9.17) is 15.2 Å². The van der Waals surface area contributed by atoms with Crippen LogP contribution in [0.3, 0.4) is 0 Å². The Balaban J connectivity index is 1.28. The van der Waals surface area contributed by atoms with E-state index in [2.05, 4.69) is 15.5 Å². The van der Waals surface area contributed by atoms with Gasteiger partial charge in [-0.25, -0.2) is 0 Å². The molecule has 10 heteroatoms. The first-order valence-corrected chi connectivity index (χ1v) is 12.6. The second-order valence-corrected chi connectivity index (χ2v) is 9.91. The van der Waals surface area contributed by atoms with Crippen LogP contribution in [0.2, 0.25) is 0 Å².